The van der Waals surface area contributed by atoms with Crippen LogP contribution in [0.2, 0.25) is 0 Å². The fraction of sp³-hybridized carbons (Fsp3) is 0.455. The van der Waals surface area contributed by atoms with Crippen LogP contribution >= 0.6 is 0 Å². The smallest absolute Gasteiger partial charge is 0.275 e. The van der Waals surface area contributed by atoms with Crippen LogP contribution in [0, 0.1) is 23.0 Å². The molecule has 4 rings (SSSR count). The summed E-state index contributed by atoms with van der Waals surface area (Å²) in [7, 11) is 3.21. The molecule has 0 radical (unpaired) electrons. The molecular weight excluding hydrogens is 416 g/mol. The van der Waals surface area contributed by atoms with Crippen LogP contribution in [0.1, 0.15) is 34.6 Å². The number of amides is 1. The molecule has 32 heavy (non-hydrogen) atoms. The average molecular weight is 441 g/mol. The summed E-state index contributed by atoms with van der Waals surface area (Å²) >= 11 is 0. The van der Waals surface area contributed by atoms with Crippen molar-refractivity contribution >= 4 is 17.5 Å². The van der Waals surface area contributed by atoms with Gasteiger partial charge in [0.15, 0.2) is 23.0 Å². The number of nitrogens with one attached hydrogen (secondary N) is 1. The van der Waals surface area contributed by atoms with Crippen LogP contribution in [-0.2, 0) is 6.54 Å². The molecular formula is C22H25F2N7O. The van der Waals surface area contributed by atoms with Gasteiger partial charge in [0.2, 0.25) is 0 Å². The molecule has 2 aromatic rings. The van der Waals surface area contributed by atoms with Gasteiger partial charge >= 0.3 is 0 Å². The number of aromatic nitrogens is 2. The van der Waals surface area contributed by atoms with E-state index in [1.54, 1.807) is 14.1 Å². The first-order valence-corrected chi connectivity index (χ1v) is 10.6. The van der Waals surface area contributed by atoms with Gasteiger partial charge in [0, 0.05) is 64.5 Å². The maximum atomic E-state index is 14.0. The SMILES string of the molecule is CN(C)C(=O)c1nc(NC2CC2)c(N2CCN(Cc3ccc(F)cc3F)CC2)nc1C#N. The Hall–Kier alpha value is -3.32. The highest BCUT2D eigenvalue weighted by atomic mass is 19.1. The van der Waals surface area contributed by atoms with Gasteiger partial charge in [-0.2, -0.15) is 5.26 Å². The number of anilines is 2. The topological polar surface area (TPSA) is 88.4 Å². The first-order valence-electron chi connectivity index (χ1n) is 10.6. The zero-order valence-electron chi connectivity index (χ0n) is 18.1. The van der Waals surface area contributed by atoms with E-state index < -0.39 is 11.6 Å². The van der Waals surface area contributed by atoms with Crippen molar-refractivity contribution < 1.29 is 13.6 Å². The van der Waals surface area contributed by atoms with E-state index in [-0.39, 0.29) is 17.3 Å². The Morgan fingerprint density at radius 1 is 1.22 bits per heavy atom. The third-order valence-corrected chi connectivity index (χ3v) is 5.59. The van der Waals surface area contributed by atoms with Crippen molar-refractivity contribution in [2.24, 2.45) is 0 Å². The highest BCUT2D eigenvalue weighted by molar-refractivity contribution is 5.94. The molecule has 1 saturated carbocycles. The molecule has 0 spiro atoms. The summed E-state index contributed by atoms with van der Waals surface area (Å²) in [4.78, 5) is 27.0. The number of hydrogen-bond acceptors (Lipinski definition) is 7. The Labute approximate surface area is 185 Å². The minimum absolute atomic E-state index is 0.00383. The molecule has 8 nitrogen and oxygen atoms in total. The molecule has 2 heterocycles. The lowest BCUT2D eigenvalue weighted by Gasteiger charge is -2.36. The van der Waals surface area contributed by atoms with Crippen molar-refractivity contribution in [1.29, 1.82) is 5.26 Å². The van der Waals surface area contributed by atoms with Crippen molar-refractivity contribution in [3.63, 3.8) is 0 Å². The summed E-state index contributed by atoms with van der Waals surface area (Å²) in [5, 5.41) is 12.9. The fourth-order valence-electron chi connectivity index (χ4n) is 3.61. The second-order valence-electron chi connectivity index (χ2n) is 8.32. The van der Waals surface area contributed by atoms with Crippen LogP contribution in [0.4, 0.5) is 20.4 Å². The standard InChI is InChI=1S/C22H25F2N7O/c1-29(2)22(32)19-18(12-25)27-21(20(28-19)26-16-5-6-16)31-9-7-30(8-10-31)13-14-3-4-15(23)11-17(14)24/h3-4,11,16H,5-10,13H2,1-2H3,(H,26,28). The second-order valence-corrected chi connectivity index (χ2v) is 8.32. The maximum absolute atomic E-state index is 14.0. The van der Waals surface area contributed by atoms with E-state index >= 15 is 0 Å². The summed E-state index contributed by atoms with van der Waals surface area (Å²) in [5.74, 6) is -0.444. The van der Waals surface area contributed by atoms with Gasteiger partial charge in [-0.1, -0.05) is 6.07 Å². The van der Waals surface area contributed by atoms with Gasteiger partial charge in [-0.3, -0.25) is 9.69 Å². The number of hydrogen-bond donors (Lipinski definition) is 1. The Morgan fingerprint density at radius 3 is 2.53 bits per heavy atom. The summed E-state index contributed by atoms with van der Waals surface area (Å²) in [6.07, 6.45) is 2.05. The second kappa shape index (κ2) is 9.04. The molecule has 1 aromatic carbocycles. The van der Waals surface area contributed by atoms with Crippen molar-refractivity contribution in [2.45, 2.75) is 25.4 Å². The number of piperazine rings is 1. The molecule has 1 saturated heterocycles. The number of halogens is 2. The Kier molecular flexibility index (Phi) is 6.19. The van der Waals surface area contributed by atoms with Gasteiger partial charge in [-0.05, 0) is 18.9 Å². The molecule has 0 atom stereocenters. The summed E-state index contributed by atoms with van der Waals surface area (Å²) in [6.45, 7) is 2.87. The fourth-order valence-corrected chi connectivity index (χ4v) is 3.61. The van der Waals surface area contributed by atoms with Crippen molar-refractivity contribution in [3.05, 3.63) is 46.8 Å². The van der Waals surface area contributed by atoms with Crippen LogP contribution in [-0.4, -0.2) is 72.0 Å². The van der Waals surface area contributed by atoms with Gasteiger partial charge in [0.05, 0.1) is 0 Å². The number of nitriles is 1. The van der Waals surface area contributed by atoms with Crippen LogP contribution in [0.25, 0.3) is 0 Å². The average Bonchev–Trinajstić information content (AvgIpc) is 3.59. The highest BCUT2D eigenvalue weighted by Gasteiger charge is 2.29. The molecule has 10 heteroatoms. The van der Waals surface area contributed by atoms with Crippen molar-refractivity contribution in [2.75, 3.05) is 50.5 Å². The van der Waals surface area contributed by atoms with Gasteiger partial charge in [0.1, 0.15) is 17.7 Å². The lowest BCUT2D eigenvalue weighted by molar-refractivity contribution is 0.0821. The molecule has 2 aliphatic rings. The van der Waals surface area contributed by atoms with E-state index in [0.717, 1.165) is 18.9 Å². The molecule has 0 unspecified atom stereocenters. The number of carbonyl (C=O) groups is 1. The summed E-state index contributed by atoms with van der Waals surface area (Å²) < 4.78 is 27.2. The third-order valence-electron chi connectivity index (χ3n) is 5.59. The van der Waals surface area contributed by atoms with Crippen LogP contribution in [0.3, 0.4) is 0 Å². The van der Waals surface area contributed by atoms with Crippen molar-refractivity contribution in [1.82, 2.24) is 19.8 Å². The van der Waals surface area contributed by atoms with Crippen LogP contribution < -0.4 is 10.2 Å². The Morgan fingerprint density at radius 2 is 1.94 bits per heavy atom. The Bertz CT molecular complexity index is 1060. The molecule has 1 aromatic heterocycles. The largest absolute Gasteiger partial charge is 0.364 e. The first kappa shape index (κ1) is 21.9. The van der Waals surface area contributed by atoms with Gasteiger partial charge in [-0.25, -0.2) is 18.7 Å². The molecule has 2 fully saturated rings. The highest BCUT2D eigenvalue weighted by Crippen LogP contribution is 2.31. The maximum Gasteiger partial charge on any atom is 0.275 e. The molecule has 1 amide bonds. The normalized spacial score (nSPS) is 16.5. The van der Waals surface area contributed by atoms with Crippen molar-refractivity contribution in [3.8, 4) is 6.07 Å². The molecule has 1 N–H and O–H groups in total. The molecule has 0 bridgehead atoms. The van der Waals surface area contributed by atoms with E-state index in [9.17, 15) is 18.8 Å². The minimum Gasteiger partial charge on any atom is -0.364 e. The number of rotatable bonds is 6. The Balaban J connectivity index is 1.53. The zero-order chi connectivity index (χ0) is 22.8. The molecule has 1 aliphatic carbocycles. The summed E-state index contributed by atoms with van der Waals surface area (Å²) in [5.41, 5.74) is 0.486. The number of carbonyl (C=O) groups excluding carboxylic acids is 1. The summed E-state index contributed by atoms with van der Waals surface area (Å²) in [6, 6.07) is 5.93. The molecule has 168 valence electrons. The van der Waals surface area contributed by atoms with Crippen LogP contribution in [0.5, 0.6) is 0 Å². The quantitative estimate of drug-likeness (QED) is 0.735. The third kappa shape index (κ3) is 4.78. The van der Waals surface area contributed by atoms with E-state index in [0.29, 0.717) is 56.0 Å². The van der Waals surface area contributed by atoms with Gasteiger partial charge in [-0.15, -0.1) is 0 Å². The van der Waals surface area contributed by atoms with Gasteiger partial charge < -0.3 is 15.1 Å². The monoisotopic (exact) mass is 441 g/mol. The van der Waals surface area contributed by atoms with E-state index in [4.69, 9.17) is 0 Å². The number of benzene rings is 1. The van der Waals surface area contributed by atoms with E-state index in [2.05, 4.69) is 20.2 Å². The van der Waals surface area contributed by atoms with Crippen LogP contribution in [0.15, 0.2) is 18.2 Å². The van der Waals surface area contributed by atoms with E-state index in [1.807, 2.05) is 11.0 Å². The minimum atomic E-state index is -0.588. The van der Waals surface area contributed by atoms with E-state index in [1.165, 1.54) is 17.0 Å². The lowest BCUT2D eigenvalue weighted by atomic mass is 10.1. The first-order chi connectivity index (χ1) is 15.4. The van der Waals surface area contributed by atoms with Gasteiger partial charge in [0.25, 0.3) is 5.91 Å². The predicted molar refractivity (Wildman–Crippen MR) is 115 cm³/mol. The predicted octanol–water partition coefficient (Wildman–Crippen LogP) is 2.22. The molecule has 1 aliphatic heterocycles. The number of nitrogens with zero attached hydrogens (tertiary/aromatic N) is 6. The zero-order valence-corrected chi connectivity index (χ0v) is 18.1. The lowest BCUT2D eigenvalue weighted by Crippen LogP contribution is -2.46.